The molecular weight excluding hydrogens is 560 g/mol. The second-order valence-electron chi connectivity index (χ2n) is 11.4. The highest BCUT2D eigenvalue weighted by molar-refractivity contribution is 6.00. The second-order valence-corrected chi connectivity index (χ2v) is 11.4. The number of fused-ring (bicyclic) bond motifs is 2. The summed E-state index contributed by atoms with van der Waals surface area (Å²) in [4.78, 5) is 32.3. The molecule has 3 aliphatic rings. The van der Waals surface area contributed by atoms with Crippen molar-refractivity contribution in [2.75, 3.05) is 45.1 Å². The van der Waals surface area contributed by atoms with Crippen LogP contribution in [0.2, 0.25) is 0 Å². The number of ether oxygens (including phenoxy) is 4. The largest absolute Gasteiger partial charge is 0.497 e. The first-order valence-electron chi connectivity index (χ1n) is 14.5. The van der Waals surface area contributed by atoms with Gasteiger partial charge in [-0.2, -0.15) is 0 Å². The van der Waals surface area contributed by atoms with Gasteiger partial charge in [0.05, 0.1) is 21.3 Å². The first kappa shape index (κ1) is 29.1. The Bertz CT molecular complexity index is 1670. The van der Waals surface area contributed by atoms with Gasteiger partial charge in [0.2, 0.25) is 0 Å². The number of carbonyl (C=O) groups excluding carboxylic acids is 2. The van der Waals surface area contributed by atoms with E-state index in [1.54, 1.807) is 25.3 Å². The van der Waals surface area contributed by atoms with Gasteiger partial charge in [-0.1, -0.05) is 42.5 Å². The van der Waals surface area contributed by atoms with Gasteiger partial charge in [-0.15, -0.1) is 0 Å². The average Bonchev–Trinajstić information content (AvgIpc) is 3.57. The Kier molecular flexibility index (Phi) is 7.90. The standard InChI is InChI=1S/C34H36N4O6/c1-41-25-13-12-24(29(16-25)42-2)17-36-30-27-10-7-11-28(26(27)14-15-35-30)37-21-33-19-34(20-33,31(39)43-3)38(22-33)32(40)44-18-23-8-5-4-6-9-23/h4-16,37H,17-22H2,1-3H3,(H,35,36). The van der Waals surface area contributed by atoms with Crippen LogP contribution in [-0.2, 0) is 27.4 Å². The molecule has 0 radical (unpaired) electrons. The maximum absolute atomic E-state index is 13.2. The van der Waals surface area contributed by atoms with Crippen LogP contribution < -0.4 is 20.1 Å². The topological polar surface area (TPSA) is 111 Å². The van der Waals surface area contributed by atoms with E-state index in [4.69, 9.17) is 18.9 Å². The van der Waals surface area contributed by atoms with Crippen molar-refractivity contribution < 1.29 is 28.5 Å². The summed E-state index contributed by atoms with van der Waals surface area (Å²) in [6, 6.07) is 23.3. The van der Waals surface area contributed by atoms with E-state index < -0.39 is 17.6 Å². The number of pyridine rings is 1. The Morgan fingerprint density at radius 1 is 0.909 bits per heavy atom. The summed E-state index contributed by atoms with van der Waals surface area (Å²) >= 11 is 0. The maximum atomic E-state index is 13.2. The number of nitrogens with zero attached hydrogens (tertiary/aromatic N) is 2. The van der Waals surface area contributed by atoms with E-state index in [-0.39, 0.29) is 12.0 Å². The number of anilines is 2. The van der Waals surface area contributed by atoms with Crippen molar-refractivity contribution in [1.29, 1.82) is 0 Å². The van der Waals surface area contributed by atoms with Crippen molar-refractivity contribution in [2.45, 2.75) is 31.5 Å². The van der Waals surface area contributed by atoms with Gasteiger partial charge < -0.3 is 29.6 Å². The van der Waals surface area contributed by atoms with Gasteiger partial charge in [-0.05, 0) is 42.7 Å². The highest BCUT2D eigenvalue weighted by atomic mass is 16.6. The highest BCUT2D eigenvalue weighted by Gasteiger charge is 2.71. The van der Waals surface area contributed by atoms with Crippen LogP contribution in [0, 0.1) is 5.41 Å². The van der Waals surface area contributed by atoms with E-state index in [0.29, 0.717) is 32.5 Å². The third kappa shape index (κ3) is 5.32. The van der Waals surface area contributed by atoms with Crippen LogP contribution in [0.3, 0.4) is 0 Å². The normalized spacial score (nSPS) is 20.0. The van der Waals surface area contributed by atoms with Gasteiger partial charge in [0.1, 0.15) is 29.5 Å². The summed E-state index contributed by atoms with van der Waals surface area (Å²) < 4.78 is 21.6. The summed E-state index contributed by atoms with van der Waals surface area (Å²) in [5, 5.41) is 9.05. The smallest absolute Gasteiger partial charge is 0.411 e. The Balaban J connectivity index is 1.15. The molecular formula is C34H36N4O6. The van der Waals surface area contributed by atoms with E-state index >= 15 is 0 Å². The maximum Gasteiger partial charge on any atom is 0.411 e. The van der Waals surface area contributed by atoms with Gasteiger partial charge in [0.25, 0.3) is 0 Å². The number of hydrogen-bond acceptors (Lipinski definition) is 9. The van der Waals surface area contributed by atoms with E-state index in [2.05, 4.69) is 15.6 Å². The van der Waals surface area contributed by atoms with Crippen LogP contribution >= 0.6 is 0 Å². The van der Waals surface area contributed by atoms with Crippen LogP contribution in [0.25, 0.3) is 10.8 Å². The fourth-order valence-corrected chi connectivity index (χ4v) is 6.60. The van der Waals surface area contributed by atoms with Crippen LogP contribution in [0.1, 0.15) is 24.0 Å². The first-order chi connectivity index (χ1) is 21.4. The molecule has 2 N–H and O–H groups in total. The summed E-state index contributed by atoms with van der Waals surface area (Å²) in [7, 11) is 4.63. The zero-order valence-corrected chi connectivity index (χ0v) is 25.1. The lowest BCUT2D eigenvalue weighted by Gasteiger charge is -2.45. The predicted octanol–water partition coefficient (Wildman–Crippen LogP) is 5.62. The second kappa shape index (κ2) is 11.9. The van der Waals surface area contributed by atoms with Crippen LogP contribution in [0.15, 0.2) is 79.0 Å². The van der Waals surface area contributed by atoms with Crippen molar-refractivity contribution in [2.24, 2.45) is 5.41 Å². The molecule has 0 atom stereocenters. The monoisotopic (exact) mass is 596 g/mol. The van der Waals surface area contributed by atoms with Gasteiger partial charge in [0, 0.05) is 59.3 Å². The number of benzene rings is 3. The zero-order chi connectivity index (χ0) is 30.7. The lowest BCUT2D eigenvalue weighted by molar-refractivity contribution is -0.157. The number of carbonyl (C=O) groups is 2. The summed E-state index contributed by atoms with van der Waals surface area (Å²) in [5.74, 6) is 1.82. The Labute approximate surface area is 256 Å². The third-order valence-electron chi connectivity index (χ3n) is 8.74. The third-order valence-corrected chi connectivity index (χ3v) is 8.74. The molecule has 10 nitrogen and oxygen atoms in total. The molecule has 1 saturated carbocycles. The zero-order valence-electron chi connectivity index (χ0n) is 25.1. The molecule has 2 aliphatic heterocycles. The van der Waals surface area contributed by atoms with Crippen molar-refractivity contribution in [3.8, 4) is 11.5 Å². The van der Waals surface area contributed by atoms with Crippen LogP contribution in [-0.4, -0.2) is 61.9 Å². The molecule has 0 unspecified atom stereocenters. The van der Waals surface area contributed by atoms with Crippen molar-refractivity contribution in [3.05, 3.63) is 90.1 Å². The molecule has 3 aromatic carbocycles. The SMILES string of the molecule is COC(=O)C12CC(CNc3cccc4c(NCc5ccc(OC)cc5OC)nccc34)(CN1C(=O)OCc1ccccc1)C2. The minimum atomic E-state index is -0.994. The molecule has 1 amide bonds. The summed E-state index contributed by atoms with van der Waals surface area (Å²) in [6.45, 7) is 1.66. The molecule has 1 aromatic heterocycles. The van der Waals surface area contributed by atoms with Crippen molar-refractivity contribution >= 4 is 34.3 Å². The molecule has 3 fully saturated rings. The minimum absolute atomic E-state index is 0.143. The van der Waals surface area contributed by atoms with Gasteiger partial charge in [0.15, 0.2) is 0 Å². The fourth-order valence-electron chi connectivity index (χ4n) is 6.60. The lowest BCUT2D eigenvalue weighted by Crippen LogP contribution is -2.58. The number of aromatic nitrogens is 1. The molecule has 10 heteroatoms. The number of amides is 1. The Hall–Kier alpha value is -4.99. The molecule has 2 bridgehead atoms. The van der Waals surface area contributed by atoms with Gasteiger partial charge in [-0.3, -0.25) is 4.90 Å². The number of esters is 1. The molecule has 0 spiro atoms. The van der Waals surface area contributed by atoms with Crippen molar-refractivity contribution in [3.63, 3.8) is 0 Å². The molecule has 228 valence electrons. The van der Waals surface area contributed by atoms with Crippen LogP contribution in [0.5, 0.6) is 11.5 Å². The van der Waals surface area contributed by atoms with Crippen molar-refractivity contribution in [1.82, 2.24) is 9.88 Å². The highest BCUT2D eigenvalue weighted by Crippen LogP contribution is 2.60. The minimum Gasteiger partial charge on any atom is -0.497 e. The molecule has 2 saturated heterocycles. The average molecular weight is 597 g/mol. The lowest BCUT2D eigenvalue weighted by atomic mass is 9.61. The number of methoxy groups -OCH3 is 3. The van der Waals surface area contributed by atoms with Gasteiger partial charge >= 0.3 is 12.1 Å². The summed E-state index contributed by atoms with van der Waals surface area (Å²) in [6.07, 6.45) is 2.32. The number of rotatable bonds is 11. The van der Waals surface area contributed by atoms with Crippen LogP contribution in [0.4, 0.5) is 16.3 Å². The first-order valence-corrected chi connectivity index (χ1v) is 14.5. The summed E-state index contributed by atoms with van der Waals surface area (Å²) in [5.41, 5.74) is 1.55. The van der Waals surface area contributed by atoms with E-state index in [9.17, 15) is 9.59 Å². The molecule has 44 heavy (non-hydrogen) atoms. The molecule has 7 rings (SSSR count). The Morgan fingerprint density at radius 3 is 2.48 bits per heavy atom. The van der Waals surface area contributed by atoms with E-state index in [1.165, 1.54) is 7.11 Å². The fraction of sp³-hybridized carbons (Fsp3) is 0.324. The molecule has 4 aromatic rings. The quantitative estimate of drug-likeness (QED) is 0.213. The molecule has 1 aliphatic carbocycles. The molecule has 3 heterocycles. The predicted molar refractivity (Wildman–Crippen MR) is 167 cm³/mol. The Morgan fingerprint density at radius 2 is 1.73 bits per heavy atom. The van der Waals surface area contributed by atoms with E-state index in [0.717, 1.165) is 44.9 Å². The van der Waals surface area contributed by atoms with E-state index in [1.807, 2.05) is 72.8 Å². The number of hydrogen-bond donors (Lipinski definition) is 2. The van der Waals surface area contributed by atoms with Gasteiger partial charge in [-0.25, -0.2) is 14.6 Å². The number of nitrogens with one attached hydrogen (secondary N) is 2.